The van der Waals surface area contributed by atoms with Crippen LogP contribution in [0.3, 0.4) is 0 Å². The van der Waals surface area contributed by atoms with Gasteiger partial charge in [0.25, 0.3) is 17.7 Å². The van der Waals surface area contributed by atoms with Crippen molar-refractivity contribution in [2.75, 3.05) is 27.4 Å². The van der Waals surface area contributed by atoms with Gasteiger partial charge in [0.15, 0.2) is 17.6 Å². The van der Waals surface area contributed by atoms with Gasteiger partial charge in [0.1, 0.15) is 11.5 Å². The highest BCUT2D eigenvalue weighted by atomic mass is 16.5. The Morgan fingerprint density at radius 1 is 0.906 bits per heavy atom. The van der Waals surface area contributed by atoms with E-state index in [0.717, 1.165) is 0 Å². The number of hydrazine groups is 1. The minimum atomic E-state index is -0.866. The number of rotatable bonds is 10. The fourth-order valence-corrected chi connectivity index (χ4v) is 2.56. The van der Waals surface area contributed by atoms with Gasteiger partial charge in [-0.25, -0.2) is 0 Å². The third-order valence-corrected chi connectivity index (χ3v) is 4.20. The monoisotopic (exact) mass is 445 g/mol. The summed E-state index contributed by atoms with van der Waals surface area (Å²) in [4.78, 5) is 36.3. The van der Waals surface area contributed by atoms with Gasteiger partial charge in [-0.1, -0.05) is 0 Å². The van der Waals surface area contributed by atoms with E-state index in [2.05, 4.69) is 16.2 Å². The van der Waals surface area contributed by atoms with Gasteiger partial charge in [-0.15, -0.1) is 0 Å². The molecule has 0 aromatic heterocycles. The second kappa shape index (κ2) is 12.0. The van der Waals surface area contributed by atoms with Crippen molar-refractivity contribution in [3.05, 3.63) is 48.0 Å². The summed E-state index contributed by atoms with van der Waals surface area (Å²) in [7, 11) is 2.94. The third-order valence-electron chi connectivity index (χ3n) is 4.20. The molecule has 3 amide bonds. The van der Waals surface area contributed by atoms with Crippen LogP contribution in [0.1, 0.15) is 24.2 Å². The van der Waals surface area contributed by atoms with Gasteiger partial charge in [0.2, 0.25) is 0 Å². The zero-order valence-corrected chi connectivity index (χ0v) is 18.4. The average molecular weight is 445 g/mol. The predicted molar refractivity (Wildman–Crippen MR) is 116 cm³/mol. The van der Waals surface area contributed by atoms with Gasteiger partial charge in [-0.3, -0.25) is 25.2 Å². The second-order valence-corrected chi connectivity index (χ2v) is 6.45. The number of carbonyl (C=O) groups excluding carboxylic acids is 3. The first kappa shape index (κ1) is 24.3. The number of benzene rings is 2. The molecule has 0 saturated heterocycles. The number of hydrogen-bond acceptors (Lipinski definition) is 7. The summed E-state index contributed by atoms with van der Waals surface area (Å²) in [6.45, 7) is 3.62. The number of methoxy groups -OCH3 is 2. The van der Waals surface area contributed by atoms with Crippen LogP contribution in [0.15, 0.2) is 42.5 Å². The van der Waals surface area contributed by atoms with Crippen molar-refractivity contribution >= 4 is 17.7 Å². The van der Waals surface area contributed by atoms with E-state index in [1.54, 1.807) is 30.3 Å². The highest BCUT2D eigenvalue weighted by Crippen LogP contribution is 2.27. The highest BCUT2D eigenvalue weighted by molar-refractivity contribution is 5.97. The van der Waals surface area contributed by atoms with Crippen molar-refractivity contribution < 1.29 is 33.3 Å². The number of ether oxygens (including phenoxy) is 4. The molecule has 3 N–H and O–H groups in total. The summed E-state index contributed by atoms with van der Waals surface area (Å²) >= 11 is 0. The Bertz CT molecular complexity index is 932. The molecule has 32 heavy (non-hydrogen) atoms. The lowest BCUT2D eigenvalue weighted by molar-refractivity contribution is -0.132. The van der Waals surface area contributed by atoms with Gasteiger partial charge in [0.05, 0.1) is 27.4 Å². The van der Waals surface area contributed by atoms with Crippen molar-refractivity contribution in [3.63, 3.8) is 0 Å². The summed E-state index contributed by atoms with van der Waals surface area (Å²) in [5.74, 6) is 0.381. The van der Waals surface area contributed by atoms with Crippen molar-refractivity contribution in [1.82, 2.24) is 16.2 Å². The molecule has 10 nitrogen and oxygen atoms in total. The van der Waals surface area contributed by atoms with Crippen LogP contribution in [-0.2, 0) is 9.59 Å². The van der Waals surface area contributed by atoms with Crippen LogP contribution in [0.2, 0.25) is 0 Å². The summed E-state index contributed by atoms with van der Waals surface area (Å²) in [5.41, 5.74) is 4.77. The maximum atomic E-state index is 12.2. The van der Waals surface area contributed by atoms with E-state index in [0.29, 0.717) is 29.6 Å². The first-order valence-electron chi connectivity index (χ1n) is 9.86. The SMILES string of the molecule is CCOc1ccc(O[C@@H](C)C(=O)NNC(=O)CNC(=O)c2ccc(OC)c(OC)c2)cc1. The molecule has 1 atom stereocenters. The van der Waals surface area contributed by atoms with Crippen LogP contribution in [0.5, 0.6) is 23.0 Å². The molecule has 0 bridgehead atoms. The molecule has 2 aromatic carbocycles. The molecule has 0 spiro atoms. The van der Waals surface area contributed by atoms with Gasteiger partial charge in [-0.05, 0) is 56.3 Å². The maximum absolute atomic E-state index is 12.2. The van der Waals surface area contributed by atoms with E-state index in [9.17, 15) is 14.4 Å². The molecule has 0 unspecified atom stereocenters. The van der Waals surface area contributed by atoms with E-state index in [1.165, 1.54) is 33.3 Å². The van der Waals surface area contributed by atoms with E-state index in [1.807, 2.05) is 6.92 Å². The molecule has 0 aliphatic carbocycles. The van der Waals surface area contributed by atoms with Crippen LogP contribution in [-0.4, -0.2) is 51.2 Å². The summed E-state index contributed by atoms with van der Waals surface area (Å²) in [6.07, 6.45) is -0.866. The molecule has 2 rings (SSSR count). The van der Waals surface area contributed by atoms with E-state index in [4.69, 9.17) is 18.9 Å². The molecule has 2 aromatic rings. The Kier molecular flexibility index (Phi) is 9.15. The van der Waals surface area contributed by atoms with Gasteiger partial charge in [-0.2, -0.15) is 0 Å². The Morgan fingerprint density at radius 3 is 2.19 bits per heavy atom. The lowest BCUT2D eigenvalue weighted by atomic mass is 10.2. The summed E-state index contributed by atoms with van der Waals surface area (Å²) < 4.78 is 21.1. The first-order valence-corrected chi connectivity index (χ1v) is 9.86. The van der Waals surface area contributed by atoms with Gasteiger partial charge in [0, 0.05) is 5.56 Å². The standard InChI is InChI=1S/C22H27N3O7/c1-5-31-16-7-9-17(10-8-16)32-14(2)21(27)25-24-20(26)13-23-22(28)15-6-11-18(29-3)19(12-15)30-4/h6-12,14H,5,13H2,1-4H3,(H,23,28)(H,24,26)(H,25,27)/t14-/m0/s1. The second-order valence-electron chi connectivity index (χ2n) is 6.45. The molecule has 172 valence electrons. The predicted octanol–water partition coefficient (Wildman–Crippen LogP) is 1.45. The molecule has 0 aliphatic heterocycles. The fraction of sp³-hybridized carbons (Fsp3) is 0.318. The lowest BCUT2D eigenvalue weighted by Gasteiger charge is -2.15. The molecule has 10 heteroatoms. The van der Waals surface area contributed by atoms with E-state index in [-0.39, 0.29) is 12.1 Å². The largest absolute Gasteiger partial charge is 0.494 e. The fourth-order valence-electron chi connectivity index (χ4n) is 2.56. The number of hydrogen-bond donors (Lipinski definition) is 3. The molecule has 0 fully saturated rings. The number of amides is 3. The molecule has 0 radical (unpaired) electrons. The van der Waals surface area contributed by atoms with Gasteiger partial charge < -0.3 is 24.3 Å². The van der Waals surface area contributed by atoms with Crippen molar-refractivity contribution in [2.45, 2.75) is 20.0 Å². The van der Waals surface area contributed by atoms with Crippen molar-refractivity contribution in [2.24, 2.45) is 0 Å². The Hall–Kier alpha value is -3.95. The van der Waals surface area contributed by atoms with E-state index < -0.39 is 23.8 Å². The average Bonchev–Trinajstić information content (AvgIpc) is 2.81. The minimum Gasteiger partial charge on any atom is -0.494 e. The summed E-state index contributed by atoms with van der Waals surface area (Å²) in [5, 5.41) is 2.45. The van der Waals surface area contributed by atoms with Crippen LogP contribution in [0.25, 0.3) is 0 Å². The van der Waals surface area contributed by atoms with Crippen LogP contribution < -0.4 is 35.1 Å². The first-order chi connectivity index (χ1) is 15.4. The van der Waals surface area contributed by atoms with Crippen LogP contribution in [0.4, 0.5) is 0 Å². The quantitative estimate of drug-likeness (QED) is 0.473. The highest BCUT2D eigenvalue weighted by Gasteiger charge is 2.16. The van der Waals surface area contributed by atoms with Crippen molar-refractivity contribution in [3.8, 4) is 23.0 Å². The normalized spacial score (nSPS) is 11.0. The third kappa shape index (κ3) is 7.08. The number of carbonyl (C=O) groups is 3. The lowest BCUT2D eigenvalue weighted by Crippen LogP contribution is -2.50. The van der Waals surface area contributed by atoms with Crippen molar-refractivity contribution in [1.29, 1.82) is 0 Å². The van der Waals surface area contributed by atoms with Crippen LogP contribution in [0, 0.1) is 0 Å². The van der Waals surface area contributed by atoms with Crippen LogP contribution >= 0.6 is 0 Å². The molecular weight excluding hydrogens is 418 g/mol. The topological polar surface area (TPSA) is 124 Å². The smallest absolute Gasteiger partial charge is 0.279 e. The van der Waals surface area contributed by atoms with Gasteiger partial charge >= 0.3 is 0 Å². The maximum Gasteiger partial charge on any atom is 0.279 e. The summed E-state index contributed by atoms with van der Waals surface area (Å²) in [6, 6.07) is 11.4. The Morgan fingerprint density at radius 2 is 1.56 bits per heavy atom. The molecule has 0 saturated carbocycles. The minimum absolute atomic E-state index is 0.289. The number of nitrogens with one attached hydrogen (secondary N) is 3. The molecular formula is C22H27N3O7. The zero-order valence-electron chi connectivity index (χ0n) is 18.4. The molecule has 0 heterocycles. The Labute approximate surface area is 186 Å². The Balaban J connectivity index is 1.77. The molecule has 0 aliphatic rings. The van der Waals surface area contributed by atoms with E-state index >= 15 is 0 Å². The zero-order chi connectivity index (χ0) is 23.5.